The first-order chi connectivity index (χ1) is 10.1. The molecule has 2 rings (SSSR count). The van der Waals surface area contributed by atoms with Gasteiger partial charge in [-0.3, -0.25) is 0 Å². The molecule has 1 heterocycles. The van der Waals surface area contributed by atoms with Crippen LogP contribution in [0.15, 0.2) is 48.1 Å². The summed E-state index contributed by atoms with van der Waals surface area (Å²) in [5, 5.41) is 10.4. The lowest BCUT2D eigenvalue weighted by atomic mass is 9.90. The molecule has 0 spiro atoms. The Balaban J connectivity index is 2.03. The molecule has 0 saturated carbocycles. The van der Waals surface area contributed by atoms with Gasteiger partial charge in [0.1, 0.15) is 12.2 Å². The van der Waals surface area contributed by atoms with Crippen molar-refractivity contribution in [1.82, 2.24) is 0 Å². The van der Waals surface area contributed by atoms with Gasteiger partial charge in [-0.25, -0.2) is 0 Å². The molecule has 1 aliphatic heterocycles. The number of aliphatic hydroxyl groups excluding tert-OH is 1. The van der Waals surface area contributed by atoms with Crippen LogP contribution in [0, 0.1) is 5.92 Å². The van der Waals surface area contributed by atoms with E-state index in [0.717, 1.165) is 11.1 Å². The van der Waals surface area contributed by atoms with Crippen LogP contribution in [0.5, 0.6) is 0 Å². The molecule has 1 N–H and O–H groups in total. The van der Waals surface area contributed by atoms with Crippen LogP contribution >= 0.6 is 0 Å². The third-order valence-electron chi connectivity index (χ3n) is 3.91. The Labute approximate surface area is 126 Å². The second-order valence-electron chi connectivity index (χ2n) is 5.60. The standard InChI is InChI=1S/C18H24O3/c1-13(8-7-11-15-9-5-4-6-10-15)18-16(19)17(20-3)14(2)12-21-18/h4-11,14,16-19H,12H2,1-3H3/b11-7-,13-8+/t14-,16+,17-,18-/m0/s1. The molecule has 4 atom stereocenters. The van der Waals surface area contributed by atoms with Gasteiger partial charge in [0.15, 0.2) is 0 Å². The van der Waals surface area contributed by atoms with Gasteiger partial charge in [0.05, 0.1) is 12.7 Å². The Kier molecular flexibility index (Phi) is 5.74. The van der Waals surface area contributed by atoms with Crippen LogP contribution in [-0.4, -0.2) is 37.1 Å². The molecule has 0 amide bonds. The summed E-state index contributed by atoms with van der Waals surface area (Å²) in [6.45, 7) is 4.61. The van der Waals surface area contributed by atoms with Gasteiger partial charge in [-0.05, 0) is 18.1 Å². The third-order valence-corrected chi connectivity index (χ3v) is 3.91. The molecule has 0 unspecified atom stereocenters. The molecule has 0 bridgehead atoms. The van der Waals surface area contributed by atoms with Gasteiger partial charge in [0.2, 0.25) is 0 Å². The predicted molar refractivity (Wildman–Crippen MR) is 84.9 cm³/mol. The summed E-state index contributed by atoms with van der Waals surface area (Å²) in [6.07, 6.45) is 4.91. The highest BCUT2D eigenvalue weighted by Gasteiger charge is 2.37. The summed E-state index contributed by atoms with van der Waals surface area (Å²) < 4.78 is 11.2. The SMILES string of the molecule is CO[C@@H]1[C@@H](O)[C@H](/C(C)=C/C=C\c2ccccc2)OC[C@@H]1C. The summed E-state index contributed by atoms with van der Waals surface area (Å²) in [4.78, 5) is 0. The number of rotatable bonds is 4. The predicted octanol–water partition coefficient (Wildman–Crippen LogP) is 3.06. The van der Waals surface area contributed by atoms with Gasteiger partial charge in [0, 0.05) is 13.0 Å². The molecular weight excluding hydrogens is 264 g/mol. The molecule has 1 saturated heterocycles. The van der Waals surface area contributed by atoms with Crippen molar-refractivity contribution in [2.24, 2.45) is 5.92 Å². The smallest absolute Gasteiger partial charge is 0.110 e. The van der Waals surface area contributed by atoms with Crippen molar-refractivity contribution in [3.63, 3.8) is 0 Å². The fraction of sp³-hybridized carbons (Fsp3) is 0.444. The second-order valence-corrected chi connectivity index (χ2v) is 5.60. The van der Waals surface area contributed by atoms with Gasteiger partial charge in [0.25, 0.3) is 0 Å². The summed E-state index contributed by atoms with van der Waals surface area (Å²) in [6, 6.07) is 10.1. The van der Waals surface area contributed by atoms with Gasteiger partial charge in [-0.15, -0.1) is 0 Å². The van der Waals surface area contributed by atoms with E-state index in [0.29, 0.717) is 6.61 Å². The normalized spacial score (nSPS) is 30.8. The van der Waals surface area contributed by atoms with Crippen LogP contribution in [-0.2, 0) is 9.47 Å². The highest BCUT2D eigenvalue weighted by atomic mass is 16.5. The minimum atomic E-state index is -0.625. The molecule has 3 heteroatoms. The molecule has 1 aromatic rings. The van der Waals surface area contributed by atoms with E-state index in [1.54, 1.807) is 7.11 Å². The van der Waals surface area contributed by atoms with Crippen LogP contribution in [0.1, 0.15) is 19.4 Å². The maximum atomic E-state index is 10.4. The molecule has 0 radical (unpaired) electrons. The highest BCUT2D eigenvalue weighted by Crippen LogP contribution is 2.26. The zero-order chi connectivity index (χ0) is 15.2. The van der Waals surface area contributed by atoms with E-state index in [-0.39, 0.29) is 18.1 Å². The van der Waals surface area contributed by atoms with E-state index in [1.807, 2.05) is 62.4 Å². The van der Waals surface area contributed by atoms with E-state index in [2.05, 4.69) is 0 Å². The minimum absolute atomic E-state index is 0.176. The molecular formula is C18H24O3. The lowest BCUT2D eigenvalue weighted by Gasteiger charge is -2.38. The molecule has 3 nitrogen and oxygen atoms in total. The number of benzene rings is 1. The van der Waals surface area contributed by atoms with Gasteiger partial charge >= 0.3 is 0 Å². The number of hydrogen-bond acceptors (Lipinski definition) is 3. The number of ether oxygens (including phenoxy) is 2. The topological polar surface area (TPSA) is 38.7 Å². The van der Waals surface area contributed by atoms with Crippen LogP contribution in [0.25, 0.3) is 6.08 Å². The van der Waals surface area contributed by atoms with Gasteiger partial charge in [-0.1, -0.05) is 55.5 Å². The lowest BCUT2D eigenvalue weighted by molar-refractivity contribution is -0.158. The van der Waals surface area contributed by atoms with Gasteiger partial charge < -0.3 is 14.6 Å². The molecule has 0 aliphatic carbocycles. The van der Waals surface area contributed by atoms with Crippen molar-refractivity contribution >= 4 is 6.08 Å². The van der Waals surface area contributed by atoms with Crippen LogP contribution in [0.2, 0.25) is 0 Å². The average Bonchev–Trinajstić information content (AvgIpc) is 2.48. The first-order valence-corrected chi connectivity index (χ1v) is 7.36. The van der Waals surface area contributed by atoms with Crippen molar-refractivity contribution in [3.8, 4) is 0 Å². The Bertz CT molecular complexity index is 492. The second kappa shape index (κ2) is 7.55. The summed E-state index contributed by atoms with van der Waals surface area (Å²) in [5.74, 6) is 0.203. The summed E-state index contributed by atoms with van der Waals surface area (Å²) >= 11 is 0. The first kappa shape index (κ1) is 16.0. The van der Waals surface area contributed by atoms with Crippen molar-refractivity contribution in [2.45, 2.75) is 32.2 Å². The molecule has 21 heavy (non-hydrogen) atoms. The third kappa shape index (κ3) is 4.03. The first-order valence-electron chi connectivity index (χ1n) is 7.36. The molecule has 1 fully saturated rings. The number of hydrogen-bond donors (Lipinski definition) is 1. The molecule has 1 aliphatic rings. The Morgan fingerprint density at radius 3 is 2.71 bits per heavy atom. The Morgan fingerprint density at radius 1 is 1.33 bits per heavy atom. The quantitative estimate of drug-likeness (QED) is 0.865. The fourth-order valence-corrected chi connectivity index (χ4v) is 2.70. The number of methoxy groups -OCH3 is 1. The van der Waals surface area contributed by atoms with Crippen molar-refractivity contribution in [3.05, 3.63) is 53.6 Å². The van der Waals surface area contributed by atoms with E-state index < -0.39 is 6.10 Å². The summed E-state index contributed by atoms with van der Waals surface area (Å²) in [7, 11) is 1.64. The zero-order valence-electron chi connectivity index (χ0n) is 12.9. The lowest BCUT2D eigenvalue weighted by Crippen LogP contribution is -2.50. The van der Waals surface area contributed by atoms with Crippen LogP contribution in [0.4, 0.5) is 0 Å². The number of allylic oxidation sites excluding steroid dienone is 2. The molecule has 0 aromatic heterocycles. The monoisotopic (exact) mass is 288 g/mol. The number of aliphatic hydroxyl groups is 1. The summed E-state index contributed by atoms with van der Waals surface area (Å²) in [5.41, 5.74) is 2.15. The Hall–Kier alpha value is -1.42. The average molecular weight is 288 g/mol. The minimum Gasteiger partial charge on any atom is -0.387 e. The molecule has 1 aromatic carbocycles. The Morgan fingerprint density at radius 2 is 2.05 bits per heavy atom. The largest absolute Gasteiger partial charge is 0.387 e. The zero-order valence-corrected chi connectivity index (χ0v) is 12.9. The fourth-order valence-electron chi connectivity index (χ4n) is 2.70. The van der Waals surface area contributed by atoms with Crippen LogP contribution in [0.3, 0.4) is 0 Å². The van der Waals surface area contributed by atoms with Crippen LogP contribution < -0.4 is 0 Å². The van der Waals surface area contributed by atoms with E-state index in [1.165, 1.54) is 0 Å². The maximum absolute atomic E-state index is 10.4. The highest BCUT2D eigenvalue weighted by molar-refractivity contribution is 5.51. The van der Waals surface area contributed by atoms with Crippen molar-refractivity contribution in [2.75, 3.05) is 13.7 Å². The van der Waals surface area contributed by atoms with E-state index >= 15 is 0 Å². The van der Waals surface area contributed by atoms with E-state index in [4.69, 9.17) is 9.47 Å². The van der Waals surface area contributed by atoms with Gasteiger partial charge in [-0.2, -0.15) is 0 Å². The maximum Gasteiger partial charge on any atom is 0.110 e. The van der Waals surface area contributed by atoms with Crippen molar-refractivity contribution < 1.29 is 14.6 Å². The van der Waals surface area contributed by atoms with Crippen molar-refractivity contribution in [1.29, 1.82) is 0 Å². The van der Waals surface area contributed by atoms with E-state index in [9.17, 15) is 5.11 Å². The molecule has 114 valence electrons.